The molecule has 112 valence electrons. The van der Waals surface area contributed by atoms with Gasteiger partial charge in [-0.25, -0.2) is 0 Å². The summed E-state index contributed by atoms with van der Waals surface area (Å²) in [6.45, 7) is 4.08. The minimum absolute atomic E-state index is 0.161. The maximum atomic E-state index is 12.4. The minimum atomic E-state index is -0.161. The smallest absolute Gasteiger partial charge is 0.266 e. The van der Waals surface area contributed by atoms with E-state index in [0.29, 0.717) is 9.23 Å². The molecule has 7 heteroatoms. The van der Waals surface area contributed by atoms with Crippen molar-refractivity contribution in [3.8, 4) is 0 Å². The normalized spacial score (nSPS) is 17.4. The maximum Gasteiger partial charge on any atom is 0.286 e. The summed E-state index contributed by atoms with van der Waals surface area (Å²) in [7, 11) is 0. The van der Waals surface area contributed by atoms with Crippen LogP contribution < -0.4 is 0 Å². The zero-order valence-corrected chi connectivity index (χ0v) is 15.2. The average molecular weight is 365 g/mol. The van der Waals surface area contributed by atoms with Crippen molar-refractivity contribution in [2.75, 3.05) is 0 Å². The molecule has 0 spiro atoms. The van der Waals surface area contributed by atoms with Crippen LogP contribution in [0.15, 0.2) is 34.3 Å². The van der Waals surface area contributed by atoms with E-state index in [1.54, 1.807) is 28.9 Å². The number of aryl methyl sites for hydroxylation is 2. The summed E-state index contributed by atoms with van der Waals surface area (Å²) in [4.78, 5) is 17.5. The van der Waals surface area contributed by atoms with Gasteiger partial charge in [-0.15, -0.1) is 22.7 Å². The van der Waals surface area contributed by atoms with Crippen LogP contribution in [-0.2, 0) is 4.79 Å². The SMILES string of the molecule is Cc1ccc(/C=C2\SC(=S)N(/N=C/c3ccc(C)s3)C2=O)s1. The summed E-state index contributed by atoms with van der Waals surface area (Å²) >= 11 is 9.83. The first-order chi connectivity index (χ1) is 10.5. The third-order valence-corrected chi connectivity index (χ3v) is 6.04. The van der Waals surface area contributed by atoms with E-state index in [1.807, 2.05) is 44.2 Å². The first-order valence-electron chi connectivity index (χ1n) is 6.48. The Morgan fingerprint density at radius 1 is 1.09 bits per heavy atom. The molecule has 0 radical (unpaired) electrons. The Kier molecular flexibility index (Phi) is 4.58. The van der Waals surface area contributed by atoms with Crippen molar-refractivity contribution in [1.82, 2.24) is 5.01 Å². The van der Waals surface area contributed by atoms with E-state index in [9.17, 15) is 4.79 Å². The van der Waals surface area contributed by atoms with Crippen LogP contribution >= 0.6 is 46.7 Å². The van der Waals surface area contributed by atoms with Crippen LogP contribution in [0.25, 0.3) is 6.08 Å². The molecule has 3 rings (SSSR count). The molecule has 0 bridgehead atoms. The van der Waals surface area contributed by atoms with Crippen LogP contribution in [0.3, 0.4) is 0 Å². The Morgan fingerprint density at radius 2 is 1.73 bits per heavy atom. The lowest BCUT2D eigenvalue weighted by Gasteiger charge is -2.05. The van der Waals surface area contributed by atoms with Gasteiger partial charge in [0.1, 0.15) is 0 Å². The van der Waals surface area contributed by atoms with E-state index in [2.05, 4.69) is 5.10 Å². The largest absolute Gasteiger partial charge is 0.286 e. The Hall–Kier alpha value is -1.28. The summed E-state index contributed by atoms with van der Waals surface area (Å²) in [6.07, 6.45) is 3.56. The predicted molar refractivity (Wildman–Crippen MR) is 101 cm³/mol. The molecule has 3 heterocycles. The lowest BCUT2D eigenvalue weighted by Crippen LogP contribution is -2.21. The molecule has 1 saturated heterocycles. The van der Waals surface area contributed by atoms with E-state index >= 15 is 0 Å². The molecule has 1 aliphatic rings. The number of hydrogen-bond acceptors (Lipinski definition) is 6. The van der Waals surface area contributed by atoms with Gasteiger partial charge in [-0.2, -0.15) is 10.1 Å². The number of carbonyl (C=O) groups excluding carboxylic acids is 1. The number of nitrogens with zero attached hydrogens (tertiary/aromatic N) is 2. The third kappa shape index (κ3) is 3.38. The highest BCUT2D eigenvalue weighted by molar-refractivity contribution is 8.26. The molecule has 2 aromatic rings. The van der Waals surface area contributed by atoms with Gasteiger partial charge in [-0.3, -0.25) is 4.79 Å². The van der Waals surface area contributed by atoms with Crippen molar-refractivity contribution in [3.05, 3.63) is 48.7 Å². The second-order valence-electron chi connectivity index (χ2n) is 4.63. The van der Waals surface area contributed by atoms with Gasteiger partial charge in [-0.05, 0) is 56.4 Å². The highest BCUT2D eigenvalue weighted by atomic mass is 32.2. The van der Waals surface area contributed by atoms with Crippen molar-refractivity contribution in [2.24, 2.45) is 5.10 Å². The van der Waals surface area contributed by atoms with Gasteiger partial charge in [0.2, 0.25) is 0 Å². The number of carbonyl (C=O) groups is 1. The van der Waals surface area contributed by atoms with Crippen LogP contribution in [-0.4, -0.2) is 21.5 Å². The van der Waals surface area contributed by atoms with E-state index < -0.39 is 0 Å². The molecule has 0 aromatic carbocycles. The quantitative estimate of drug-likeness (QED) is 0.451. The highest BCUT2D eigenvalue weighted by Crippen LogP contribution is 2.34. The monoisotopic (exact) mass is 364 g/mol. The molecule has 2 aromatic heterocycles. The van der Waals surface area contributed by atoms with Gasteiger partial charge >= 0.3 is 0 Å². The second kappa shape index (κ2) is 6.45. The van der Waals surface area contributed by atoms with Crippen molar-refractivity contribution >= 4 is 69.2 Å². The molecule has 0 N–H and O–H groups in total. The lowest BCUT2D eigenvalue weighted by molar-refractivity contribution is -0.122. The molecule has 0 unspecified atom stereocenters. The maximum absolute atomic E-state index is 12.4. The van der Waals surface area contributed by atoms with Crippen LogP contribution in [0.5, 0.6) is 0 Å². The third-order valence-electron chi connectivity index (χ3n) is 2.87. The lowest BCUT2D eigenvalue weighted by atomic mass is 10.4. The molecule has 3 nitrogen and oxygen atoms in total. The molecule has 22 heavy (non-hydrogen) atoms. The molecule has 0 aliphatic carbocycles. The molecule has 0 atom stereocenters. The number of hydrogen-bond donors (Lipinski definition) is 0. The van der Waals surface area contributed by atoms with Gasteiger partial charge < -0.3 is 0 Å². The van der Waals surface area contributed by atoms with E-state index in [0.717, 1.165) is 9.75 Å². The zero-order chi connectivity index (χ0) is 15.7. The summed E-state index contributed by atoms with van der Waals surface area (Å²) in [5.74, 6) is -0.161. The summed E-state index contributed by atoms with van der Waals surface area (Å²) in [6, 6.07) is 8.04. The number of rotatable bonds is 3. The molecule has 0 saturated carbocycles. The van der Waals surface area contributed by atoms with Gasteiger partial charge in [0.15, 0.2) is 4.32 Å². The molecular formula is C15H12N2OS4. The van der Waals surface area contributed by atoms with Crippen molar-refractivity contribution < 1.29 is 4.79 Å². The first-order valence-corrected chi connectivity index (χ1v) is 9.33. The number of thiocarbonyl (C=S) groups is 1. The van der Waals surface area contributed by atoms with Crippen molar-refractivity contribution in [2.45, 2.75) is 13.8 Å². The van der Waals surface area contributed by atoms with Crippen LogP contribution in [0.1, 0.15) is 19.5 Å². The Labute approximate surface area is 146 Å². The topological polar surface area (TPSA) is 32.7 Å². The van der Waals surface area contributed by atoms with E-state index in [1.165, 1.54) is 26.5 Å². The predicted octanol–water partition coefficient (Wildman–Crippen LogP) is 4.66. The zero-order valence-electron chi connectivity index (χ0n) is 11.9. The van der Waals surface area contributed by atoms with E-state index in [-0.39, 0.29) is 5.91 Å². The Bertz CT molecular complexity index is 800. The average Bonchev–Trinajstić information content (AvgIpc) is 3.12. The van der Waals surface area contributed by atoms with Crippen LogP contribution in [0.2, 0.25) is 0 Å². The fourth-order valence-corrected chi connectivity index (χ4v) is 4.66. The van der Waals surface area contributed by atoms with Gasteiger partial charge in [0, 0.05) is 19.5 Å². The van der Waals surface area contributed by atoms with Crippen LogP contribution in [0.4, 0.5) is 0 Å². The number of amides is 1. The number of hydrazone groups is 1. The summed E-state index contributed by atoms with van der Waals surface area (Å²) in [5, 5.41) is 5.53. The fraction of sp³-hybridized carbons (Fsp3) is 0.133. The highest BCUT2D eigenvalue weighted by Gasteiger charge is 2.32. The Balaban J connectivity index is 1.79. The van der Waals surface area contributed by atoms with Gasteiger partial charge in [0.25, 0.3) is 5.91 Å². The standard InChI is InChI=1S/C15H12N2OS4/c1-9-3-5-11(20-9)7-13-14(18)17(15(19)22-13)16-8-12-6-4-10(2)21-12/h3-8H,1-2H3/b13-7-,16-8+. The molecule has 1 aliphatic heterocycles. The number of thioether (sulfide) groups is 1. The number of thiophene rings is 2. The summed E-state index contributed by atoms with van der Waals surface area (Å²) in [5.41, 5.74) is 0. The second-order valence-corrected chi connectivity index (χ2v) is 8.95. The molecule has 1 fully saturated rings. The first kappa shape index (κ1) is 15.6. The van der Waals surface area contributed by atoms with Gasteiger partial charge in [0.05, 0.1) is 11.1 Å². The van der Waals surface area contributed by atoms with E-state index in [4.69, 9.17) is 12.2 Å². The molecule has 1 amide bonds. The minimum Gasteiger partial charge on any atom is -0.266 e. The van der Waals surface area contributed by atoms with Crippen LogP contribution in [0, 0.1) is 13.8 Å². The fourth-order valence-electron chi connectivity index (χ4n) is 1.86. The molecular weight excluding hydrogens is 352 g/mol. The van der Waals surface area contributed by atoms with Crippen molar-refractivity contribution in [3.63, 3.8) is 0 Å². The van der Waals surface area contributed by atoms with Gasteiger partial charge in [-0.1, -0.05) is 11.8 Å². The summed E-state index contributed by atoms with van der Waals surface area (Å²) < 4.78 is 0.467. The Morgan fingerprint density at radius 3 is 2.32 bits per heavy atom. The van der Waals surface area contributed by atoms with Crippen molar-refractivity contribution in [1.29, 1.82) is 0 Å².